The second kappa shape index (κ2) is 7.12. The number of carbonyl (C=O) groups excluding carboxylic acids is 1. The minimum Gasteiger partial charge on any atom is -0.365 e. The van der Waals surface area contributed by atoms with Crippen molar-refractivity contribution in [1.82, 2.24) is 14.9 Å². The van der Waals surface area contributed by atoms with Crippen LogP contribution in [0.5, 0.6) is 0 Å². The number of ether oxygens (including phenoxy) is 1. The number of likely N-dealkylation sites (tertiary alicyclic amines) is 1. The standard InChI is InChI=1S/C21H22FN3O2/c1-13-8-17-18(9-14(13)2)24-20(23-17)12-27-19-11-25(10-16(19)22)21(26)15-6-4-3-5-7-15/h3-9,16,19H,10-12H2,1-2H3,(H,23,24)/t16-,19+/m1/s1. The minimum atomic E-state index is -1.20. The summed E-state index contributed by atoms with van der Waals surface area (Å²) in [4.78, 5) is 21.7. The van der Waals surface area contributed by atoms with Gasteiger partial charge in [-0.05, 0) is 49.2 Å². The molecule has 3 aromatic rings. The average molecular weight is 367 g/mol. The normalized spacial score (nSPS) is 19.7. The van der Waals surface area contributed by atoms with Crippen LogP contribution in [0.15, 0.2) is 42.5 Å². The van der Waals surface area contributed by atoms with Gasteiger partial charge in [0.1, 0.15) is 24.7 Å². The number of alkyl halides is 1. The van der Waals surface area contributed by atoms with Gasteiger partial charge in [-0.15, -0.1) is 0 Å². The van der Waals surface area contributed by atoms with Crippen molar-refractivity contribution in [3.05, 3.63) is 65.0 Å². The number of nitrogens with zero attached hydrogens (tertiary/aromatic N) is 2. The third-order valence-corrected chi connectivity index (χ3v) is 5.09. The second-order valence-electron chi connectivity index (χ2n) is 7.08. The Morgan fingerprint density at radius 1 is 1.22 bits per heavy atom. The van der Waals surface area contributed by atoms with Crippen LogP contribution in [0, 0.1) is 13.8 Å². The first-order valence-corrected chi connectivity index (χ1v) is 9.07. The number of hydrogen-bond acceptors (Lipinski definition) is 3. The first-order chi connectivity index (χ1) is 13.0. The van der Waals surface area contributed by atoms with Crippen LogP contribution in [0.3, 0.4) is 0 Å². The number of rotatable bonds is 4. The van der Waals surface area contributed by atoms with Gasteiger partial charge in [0.15, 0.2) is 0 Å². The smallest absolute Gasteiger partial charge is 0.254 e. The Morgan fingerprint density at radius 2 is 1.96 bits per heavy atom. The van der Waals surface area contributed by atoms with Gasteiger partial charge in [0.2, 0.25) is 0 Å². The van der Waals surface area contributed by atoms with E-state index in [1.807, 2.05) is 19.1 Å². The van der Waals surface area contributed by atoms with E-state index in [0.29, 0.717) is 11.4 Å². The van der Waals surface area contributed by atoms with Crippen molar-refractivity contribution < 1.29 is 13.9 Å². The third kappa shape index (κ3) is 3.57. The van der Waals surface area contributed by atoms with Crippen molar-refractivity contribution in [3.63, 3.8) is 0 Å². The molecule has 1 aliphatic rings. The van der Waals surface area contributed by atoms with Crippen molar-refractivity contribution in [1.29, 1.82) is 0 Å². The van der Waals surface area contributed by atoms with Crippen molar-refractivity contribution in [2.45, 2.75) is 32.7 Å². The summed E-state index contributed by atoms with van der Waals surface area (Å²) in [6, 6.07) is 13.0. The molecule has 2 heterocycles. The summed E-state index contributed by atoms with van der Waals surface area (Å²) < 4.78 is 20.1. The SMILES string of the molecule is Cc1cc2nc(CO[C@H]3CN(C(=O)c4ccccc4)C[C@H]3F)[nH]c2cc1C. The van der Waals surface area contributed by atoms with E-state index in [9.17, 15) is 9.18 Å². The zero-order valence-corrected chi connectivity index (χ0v) is 15.4. The summed E-state index contributed by atoms with van der Waals surface area (Å²) >= 11 is 0. The Balaban J connectivity index is 1.41. The highest BCUT2D eigenvalue weighted by atomic mass is 19.1. The van der Waals surface area contributed by atoms with Crippen LogP contribution in [0.1, 0.15) is 27.3 Å². The number of aryl methyl sites for hydroxylation is 2. The molecule has 5 nitrogen and oxygen atoms in total. The summed E-state index contributed by atoms with van der Waals surface area (Å²) in [6.07, 6.45) is -1.85. The van der Waals surface area contributed by atoms with E-state index in [2.05, 4.69) is 23.0 Å². The molecule has 1 amide bonds. The van der Waals surface area contributed by atoms with E-state index in [1.54, 1.807) is 24.3 Å². The molecule has 0 aliphatic carbocycles. The van der Waals surface area contributed by atoms with Crippen LogP contribution in [0.25, 0.3) is 11.0 Å². The van der Waals surface area contributed by atoms with Gasteiger partial charge in [-0.2, -0.15) is 0 Å². The molecular weight excluding hydrogens is 345 g/mol. The predicted molar refractivity (Wildman–Crippen MR) is 101 cm³/mol. The fourth-order valence-electron chi connectivity index (χ4n) is 3.40. The lowest BCUT2D eigenvalue weighted by Crippen LogP contribution is -2.30. The Kier molecular flexibility index (Phi) is 4.66. The maximum atomic E-state index is 14.4. The van der Waals surface area contributed by atoms with Gasteiger partial charge in [-0.1, -0.05) is 18.2 Å². The maximum absolute atomic E-state index is 14.4. The number of aromatic nitrogens is 2. The molecule has 27 heavy (non-hydrogen) atoms. The number of carbonyl (C=O) groups is 1. The number of aromatic amines is 1. The van der Waals surface area contributed by atoms with Crippen molar-refractivity contribution in [2.24, 2.45) is 0 Å². The lowest BCUT2D eigenvalue weighted by atomic mass is 10.1. The highest BCUT2D eigenvalue weighted by Crippen LogP contribution is 2.22. The number of amides is 1. The topological polar surface area (TPSA) is 58.2 Å². The largest absolute Gasteiger partial charge is 0.365 e. The van der Waals surface area contributed by atoms with E-state index in [4.69, 9.17) is 4.74 Å². The van der Waals surface area contributed by atoms with Gasteiger partial charge in [-0.25, -0.2) is 9.37 Å². The zero-order chi connectivity index (χ0) is 19.0. The van der Waals surface area contributed by atoms with E-state index >= 15 is 0 Å². The van der Waals surface area contributed by atoms with E-state index in [-0.39, 0.29) is 25.6 Å². The Labute approximate surface area is 157 Å². The third-order valence-electron chi connectivity index (χ3n) is 5.09. The van der Waals surface area contributed by atoms with Crippen LogP contribution in [-0.4, -0.2) is 46.1 Å². The molecule has 1 fully saturated rings. The van der Waals surface area contributed by atoms with Crippen molar-refractivity contribution in [3.8, 4) is 0 Å². The lowest BCUT2D eigenvalue weighted by Gasteiger charge is -2.16. The number of benzene rings is 2. The predicted octanol–water partition coefficient (Wildman–Crippen LogP) is 3.56. The van der Waals surface area contributed by atoms with E-state index in [1.165, 1.54) is 16.0 Å². The molecule has 0 bridgehead atoms. The van der Waals surface area contributed by atoms with Gasteiger partial charge in [0.25, 0.3) is 5.91 Å². The summed E-state index contributed by atoms with van der Waals surface area (Å²) in [5.41, 5.74) is 4.75. The fraction of sp³-hybridized carbons (Fsp3) is 0.333. The van der Waals surface area contributed by atoms with Gasteiger partial charge in [0, 0.05) is 5.56 Å². The first-order valence-electron chi connectivity index (χ1n) is 9.07. The molecule has 1 aliphatic heterocycles. The molecule has 2 aromatic carbocycles. The minimum absolute atomic E-state index is 0.0525. The molecule has 0 unspecified atom stereocenters. The van der Waals surface area contributed by atoms with Crippen LogP contribution < -0.4 is 0 Å². The van der Waals surface area contributed by atoms with Crippen molar-refractivity contribution in [2.75, 3.05) is 13.1 Å². The maximum Gasteiger partial charge on any atom is 0.254 e. The number of hydrogen-bond donors (Lipinski definition) is 1. The van der Waals surface area contributed by atoms with E-state index in [0.717, 1.165) is 11.0 Å². The van der Waals surface area contributed by atoms with Crippen LogP contribution in [0.4, 0.5) is 4.39 Å². The molecule has 1 aromatic heterocycles. The average Bonchev–Trinajstić information content (AvgIpc) is 3.23. The highest BCUT2D eigenvalue weighted by molar-refractivity contribution is 5.94. The molecule has 6 heteroatoms. The van der Waals surface area contributed by atoms with Gasteiger partial charge < -0.3 is 14.6 Å². The van der Waals surface area contributed by atoms with Crippen LogP contribution in [0.2, 0.25) is 0 Å². The molecule has 2 atom stereocenters. The first kappa shape index (κ1) is 17.7. The quantitative estimate of drug-likeness (QED) is 0.767. The van der Waals surface area contributed by atoms with Gasteiger partial charge >= 0.3 is 0 Å². The molecule has 1 saturated heterocycles. The molecular formula is C21H22FN3O2. The molecule has 0 saturated carbocycles. The monoisotopic (exact) mass is 367 g/mol. The van der Waals surface area contributed by atoms with Gasteiger partial charge in [0.05, 0.1) is 24.1 Å². The molecule has 140 valence electrons. The summed E-state index contributed by atoms with van der Waals surface area (Å²) in [5.74, 6) is 0.495. The molecule has 1 N–H and O–H groups in total. The summed E-state index contributed by atoms with van der Waals surface area (Å²) in [5, 5.41) is 0. The summed E-state index contributed by atoms with van der Waals surface area (Å²) in [6.45, 7) is 4.58. The summed E-state index contributed by atoms with van der Waals surface area (Å²) in [7, 11) is 0. The Hall–Kier alpha value is -2.73. The zero-order valence-electron chi connectivity index (χ0n) is 15.4. The second-order valence-corrected chi connectivity index (χ2v) is 7.08. The number of nitrogens with one attached hydrogen (secondary N) is 1. The Bertz CT molecular complexity index is 931. The molecule has 4 rings (SSSR count). The van der Waals surface area contributed by atoms with Crippen LogP contribution in [-0.2, 0) is 11.3 Å². The number of H-pyrrole nitrogens is 1. The highest BCUT2D eigenvalue weighted by Gasteiger charge is 2.36. The molecule has 0 radical (unpaired) electrons. The molecule has 0 spiro atoms. The number of imidazole rings is 1. The number of halogens is 1. The Morgan fingerprint density at radius 3 is 2.74 bits per heavy atom. The van der Waals surface area contributed by atoms with Crippen LogP contribution >= 0.6 is 0 Å². The van der Waals surface area contributed by atoms with E-state index < -0.39 is 12.3 Å². The van der Waals surface area contributed by atoms with Crippen molar-refractivity contribution >= 4 is 16.9 Å². The lowest BCUT2D eigenvalue weighted by molar-refractivity contribution is 0.00887. The number of fused-ring (bicyclic) bond motifs is 1. The fourth-order valence-corrected chi connectivity index (χ4v) is 3.40. The van der Waals surface area contributed by atoms with Gasteiger partial charge in [-0.3, -0.25) is 4.79 Å².